The van der Waals surface area contributed by atoms with Gasteiger partial charge < -0.3 is 5.11 Å². The molecule has 0 saturated carbocycles. The number of nitrogens with zero attached hydrogens (tertiary/aromatic N) is 1. The summed E-state index contributed by atoms with van der Waals surface area (Å²) in [6.45, 7) is 8.65. The summed E-state index contributed by atoms with van der Waals surface area (Å²) in [5.41, 5.74) is -0.260. The van der Waals surface area contributed by atoms with Crippen LogP contribution in [0.2, 0.25) is 0 Å². The third-order valence-electron chi connectivity index (χ3n) is 3.48. The monoisotopic (exact) mass is 199 g/mol. The van der Waals surface area contributed by atoms with Crippen LogP contribution in [0.1, 0.15) is 40.5 Å². The molecule has 1 aliphatic heterocycles. The Morgan fingerprint density at radius 2 is 2.21 bits per heavy atom. The first-order valence-corrected chi connectivity index (χ1v) is 5.38. The second kappa shape index (κ2) is 3.99. The average Bonchev–Trinajstić information content (AvgIpc) is 2.40. The van der Waals surface area contributed by atoms with E-state index >= 15 is 0 Å². The Hall–Kier alpha value is -0.410. The molecule has 2 atom stereocenters. The van der Waals surface area contributed by atoms with E-state index in [0.717, 1.165) is 13.0 Å². The van der Waals surface area contributed by atoms with Crippen LogP contribution in [0.3, 0.4) is 0 Å². The molecule has 1 heterocycles. The summed E-state index contributed by atoms with van der Waals surface area (Å²) in [6, 6.07) is -0.0628. The predicted molar refractivity (Wildman–Crippen MR) is 56.2 cm³/mol. The molecule has 1 fully saturated rings. The maximum Gasteiger partial charge on any atom is 0.149 e. The Balaban J connectivity index is 2.74. The van der Waals surface area contributed by atoms with Crippen molar-refractivity contribution in [1.82, 2.24) is 4.90 Å². The van der Waals surface area contributed by atoms with E-state index in [2.05, 4.69) is 4.90 Å². The quantitative estimate of drug-likeness (QED) is 0.742. The molecular formula is C11H21NO2. The fraction of sp³-hybridized carbons (Fsp3) is 0.909. The van der Waals surface area contributed by atoms with Gasteiger partial charge in [0.05, 0.1) is 12.1 Å². The van der Waals surface area contributed by atoms with Crippen LogP contribution in [-0.4, -0.2) is 40.0 Å². The Labute approximate surface area is 86.1 Å². The number of Topliss-reactive ketones (excluding diaryl/α,β-unsaturated/α-hetero) is 1. The van der Waals surface area contributed by atoms with Gasteiger partial charge in [0.25, 0.3) is 0 Å². The van der Waals surface area contributed by atoms with Crippen LogP contribution < -0.4 is 0 Å². The molecule has 0 amide bonds. The highest BCUT2D eigenvalue weighted by molar-refractivity contribution is 5.83. The number of aliphatic hydroxyl groups excluding tert-OH is 1. The van der Waals surface area contributed by atoms with E-state index in [4.69, 9.17) is 0 Å². The normalized spacial score (nSPS) is 29.1. The first-order chi connectivity index (χ1) is 6.41. The summed E-state index contributed by atoms with van der Waals surface area (Å²) < 4.78 is 0. The van der Waals surface area contributed by atoms with Gasteiger partial charge in [-0.05, 0) is 27.2 Å². The van der Waals surface area contributed by atoms with Gasteiger partial charge in [-0.3, -0.25) is 9.69 Å². The summed E-state index contributed by atoms with van der Waals surface area (Å²) in [6.07, 6.45) is 1.03. The number of ketones is 1. The molecule has 0 aliphatic carbocycles. The molecule has 3 nitrogen and oxygen atoms in total. The number of hydrogen-bond donors (Lipinski definition) is 1. The lowest BCUT2D eigenvalue weighted by Crippen LogP contribution is -2.51. The second-order valence-corrected chi connectivity index (χ2v) is 4.65. The van der Waals surface area contributed by atoms with Crippen molar-refractivity contribution in [3.8, 4) is 0 Å². The van der Waals surface area contributed by atoms with Crippen LogP contribution >= 0.6 is 0 Å². The third-order valence-corrected chi connectivity index (χ3v) is 3.48. The summed E-state index contributed by atoms with van der Waals surface area (Å²) in [5, 5.41) is 9.78. The summed E-state index contributed by atoms with van der Waals surface area (Å²) >= 11 is 0. The van der Waals surface area contributed by atoms with E-state index in [0.29, 0.717) is 6.42 Å². The molecule has 0 aromatic heterocycles. The van der Waals surface area contributed by atoms with Crippen LogP contribution in [0.5, 0.6) is 0 Å². The number of aliphatic hydroxyl groups is 1. The SMILES string of the molecule is CCC(=O)C(C)N1CCC(O)C1(C)C. The van der Waals surface area contributed by atoms with Gasteiger partial charge in [0, 0.05) is 18.5 Å². The fourth-order valence-corrected chi connectivity index (χ4v) is 2.26. The van der Waals surface area contributed by atoms with Gasteiger partial charge in [0.2, 0.25) is 0 Å². The molecule has 1 aliphatic rings. The molecule has 1 N–H and O–H groups in total. The van der Waals surface area contributed by atoms with Crippen LogP contribution in [0.4, 0.5) is 0 Å². The second-order valence-electron chi connectivity index (χ2n) is 4.65. The van der Waals surface area contributed by atoms with E-state index < -0.39 is 0 Å². The minimum Gasteiger partial charge on any atom is -0.391 e. The van der Waals surface area contributed by atoms with Crippen molar-refractivity contribution in [2.24, 2.45) is 0 Å². The molecule has 2 unspecified atom stereocenters. The first-order valence-electron chi connectivity index (χ1n) is 5.38. The Bertz CT molecular complexity index is 225. The van der Waals surface area contributed by atoms with Crippen molar-refractivity contribution in [2.45, 2.75) is 58.2 Å². The minimum absolute atomic E-state index is 0.0628. The summed E-state index contributed by atoms with van der Waals surface area (Å²) in [5.74, 6) is 0.257. The van der Waals surface area contributed by atoms with E-state index in [-0.39, 0.29) is 23.5 Å². The summed E-state index contributed by atoms with van der Waals surface area (Å²) in [4.78, 5) is 13.7. The number of carbonyl (C=O) groups is 1. The zero-order valence-electron chi connectivity index (χ0n) is 9.58. The van der Waals surface area contributed by atoms with Gasteiger partial charge in [-0.1, -0.05) is 6.92 Å². The molecule has 1 rings (SSSR count). The number of hydrogen-bond acceptors (Lipinski definition) is 3. The maximum absolute atomic E-state index is 11.6. The van der Waals surface area contributed by atoms with E-state index in [1.807, 2.05) is 27.7 Å². The Morgan fingerprint density at radius 1 is 1.64 bits per heavy atom. The molecule has 0 aromatic rings. The van der Waals surface area contributed by atoms with E-state index in [1.165, 1.54) is 0 Å². The molecule has 3 heteroatoms. The van der Waals surface area contributed by atoms with Crippen LogP contribution in [0.15, 0.2) is 0 Å². The Kier molecular flexibility index (Phi) is 3.32. The predicted octanol–water partition coefficient (Wildman–Crippen LogP) is 1.20. The van der Waals surface area contributed by atoms with Gasteiger partial charge in [-0.25, -0.2) is 0 Å². The van der Waals surface area contributed by atoms with Crippen molar-refractivity contribution in [3.63, 3.8) is 0 Å². The van der Waals surface area contributed by atoms with Gasteiger partial charge in [-0.15, -0.1) is 0 Å². The number of carbonyl (C=O) groups excluding carboxylic acids is 1. The van der Waals surface area contributed by atoms with Gasteiger partial charge in [-0.2, -0.15) is 0 Å². The molecule has 0 spiro atoms. The standard InChI is InChI=1S/C11H21NO2/c1-5-9(13)8(2)12-7-6-10(14)11(12,3)4/h8,10,14H,5-7H2,1-4H3. The largest absolute Gasteiger partial charge is 0.391 e. The topological polar surface area (TPSA) is 40.5 Å². The smallest absolute Gasteiger partial charge is 0.149 e. The van der Waals surface area contributed by atoms with Crippen LogP contribution in [-0.2, 0) is 4.79 Å². The highest BCUT2D eigenvalue weighted by atomic mass is 16.3. The lowest BCUT2D eigenvalue weighted by molar-refractivity contribution is -0.125. The molecule has 82 valence electrons. The van der Waals surface area contributed by atoms with E-state index in [1.54, 1.807) is 0 Å². The van der Waals surface area contributed by atoms with Gasteiger partial charge in [0.1, 0.15) is 5.78 Å². The molecular weight excluding hydrogens is 178 g/mol. The maximum atomic E-state index is 11.6. The lowest BCUT2D eigenvalue weighted by atomic mass is 9.96. The van der Waals surface area contributed by atoms with Crippen molar-refractivity contribution < 1.29 is 9.90 Å². The van der Waals surface area contributed by atoms with Crippen LogP contribution in [0.25, 0.3) is 0 Å². The van der Waals surface area contributed by atoms with Crippen LogP contribution in [0, 0.1) is 0 Å². The molecule has 0 bridgehead atoms. The molecule has 0 aromatic carbocycles. The minimum atomic E-state index is -0.311. The Morgan fingerprint density at radius 3 is 2.57 bits per heavy atom. The van der Waals surface area contributed by atoms with Crippen molar-refractivity contribution in [1.29, 1.82) is 0 Å². The highest BCUT2D eigenvalue weighted by Gasteiger charge is 2.43. The van der Waals surface area contributed by atoms with Crippen molar-refractivity contribution in [3.05, 3.63) is 0 Å². The summed E-state index contributed by atoms with van der Waals surface area (Å²) in [7, 11) is 0. The fourth-order valence-electron chi connectivity index (χ4n) is 2.26. The first kappa shape index (κ1) is 11.7. The zero-order valence-corrected chi connectivity index (χ0v) is 9.58. The lowest BCUT2D eigenvalue weighted by Gasteiger charge is -2.37. The zero-order chi connectivity index (χ0) is 10.9. The number of rotatable bonds is 3. The molecule has 1 saturated heterocycles. The highest BCUT2D eigenvalue weighted by Crippen LogP contribution is 2.31. The van der Waals surface area contributed by atoms with Gasteiger partial charge >= 0.3 is 0 Å². The van der Waals surface area contributed by atoms with Crippen molar-refractivity contribution >= 4 is 5.78 Å². The molecule has 14 heavy (non-hydrogen) atoms. The van der Waals surface area contributed by atoms with Gasteiger partial charge in [0.15, 0.2) is 0 Å². The molecule has 0 radical (unpaired) electrons. The number of likely N-dealkylation sites (tertiary alicyclic amines) is 1. The van der Waals surface area contributed by atoms with E-state index in [9.17, 15) is 9.90 Å². The third kappa shape index (κ3) is 1.84. The average molecular weight is 199 g/mol. The van der Waals surface area contributed by atoms with Crippen molar-refractivity contribution in [2.75, 3.05) is 6.54 Å².